The van der Waals surface area contributed by atoms with Crippen LogP contribution in [0.2, 0.25) is 0 Å². The van der Waals surface area contributed by atoms with Gasteiger partial charge in [0.25, 0.3) is 0 Å². The fourth-order valence-electron chi connectivity index (χ4n) is 1.47. The van der Waals surface area contributed by atoms with Crippen molar-refractivity contribution in [3.8, 4) is 0 Å². The van der Waals surface area contributed by atoms with E-state index in [4.69, 9.17) is 4.74 Å². The van der Waals surface area contributed by atoms with Crippen molar-refractivity contribution in [1.29, 1.82) is 0 Å². The lowest BCUT2D eigenvalue weighted by atomic mass is 10.0. The van der Waals surface area contributed by atoms with Crippen LogP contribution in [0.25, 0.3) is 0 Å². The molecule has 0 saturated heterocycles. The van der Waals surface area contributed by atoms with Gasteiger partial charge in [0.1, 0.15) is 0 Å². The first-order chi connectivity index (χ1) is 8.45. The quantitative estimate of drug-likeness (QED) is 0.289. The summed E-state index contributed by atoms with van der Waals surface area (Å²) in [7, 11) is 0. The second kappa shape index (κ2) is 9.69. The Labute approximate surface area is 111 Å². The Morgan fingerprint density at radius 1 is 1.28 bits per heavy atom. The van der Waals surface area contributed by atoms with Gasteiger partial charge in [-0.3, -0.25) is 0 Å². The van der Waals surface area contributed by atoms with Gasteiger partial charge in [-0.15, -0.1) is 0 Å². The third-order valence-electron chi connectivity index (χ3n) is 2.49. The molecule has 1 unspecified atom stereocenters. The molecule has 0 aromatic rings. The summed E-state index contributed by atoms with van der Waals surface area (Å²) >= 11 is 0. The number of carbonyl (C=O) groups excluding carboxylic acids is 1. The summed E-state index contributed by atoms with van der Waals surface area (Å²) in [6.45, 7) is 10.6. The van der Waals surface area contributed by atoms with E-state index in [1.54, 1.807) is 0 Å². The van der Waals surface area contributed by atoms with Gasteiger partial charge in [0.05, 0.1) is 6.61 Å². The van der Waals surface area contributed by atoms with Gasteiger partial charge >= 0.3 is 5.97 Å². The zero-order chi connectivity index (χ0) is 14.0. The molecule has 1 atom stereocenters. The van der Waals surface area contributed by atoms with Gasteiger partial charge in [-0.2, -0.15) is 0 Å². The molecule has 0 radical (unpaired) electrons. The predicted octanol–water partition coefficient (Wildman–Crippen LogP) is 4.43. The van der Waals surface area contributed by atoms with Crippen LogP contribution in [0.3, 0.4) is 0 Å². The largest absolute Gasteiger partial charge is 0.463 e. The van der Waals surface area contributed by atoms with Crippen LogP contribution in [0.4, 0.5) is 0 Å². The molecule has 0 saturated carbocycles. The van der Waals surface area contributed by atoms with E-state index in [9.17, 15) is 4.79 Å². The smallest absolute Gasteiger partial charge is 0.330 e. The molecule has 0 spiro atoms. The Kier molecular flexibility index (Phi) is 8.99. The van der Waals surface area contributed by atoms with Crippen molar-refractivity contribution in [2.75, 3.05) is 6.61 Å². The average molecular weight is 250 g/mol. The van der Waals surface area contributed by atoms with Crippen molar-refractivity contribution in [3.63, 3.8) is 0 Å². The number of hydrogen-bond acceptors (Lipinski definition) is 2. The minimum Gasteiger partial charge on any atom is -0.463 e. The molecule has 0 N–H and O–H groups in total. The Morgan fingerprint density at radius 3 is 2.50 bits per heavy atom. The molecule has 2 heteroatoms. The fraction of sp³-hybridized carbons (Fsp3) is 0.562. The van der Waals surface area contributed by atoms with Crippen LogP contribution in [0.5, 0.6) is 0 Å². The van der Waals surface area contributed by atoms with Gasteiger partial charge in [0.2, 0.25) is 0 Å². The normalized spacial score (nSPS) is 13.5. The molecule has 18 heavy (non-hydrogen) atoms. The Balaban J connectivity index is 4.12. The van der Waals surface area contributed by atoms with E-state index < -0.39 is 0 Å². The molecule has 0 amide bonds. The summed E-state index contributed by atoms with van der Waals surface area (Å²) in [4.78, 5) is 11.2. The summed E-state index contributed by atoms with van der Waals surface area (Å²) in [5, 5.41) is 0. The number of carbonyl (C=O) groups is 1. The summed E-state index contributed by atoms with van der Waals surface area (Å²) in [5.74, 6) is 0.253. The summed E-state index contributed by atoms with van der Waals surface area (Å²) < 4.78 is 4.85. The first-order valence-corrected chi connectivity index (χ1v) is 6.62. The molecule has 0 aliphatic heterocycles. The second-order valence-electron chi connectivity index (χ2n) is 4.84. The highest BCUT2D eigenvalue weighted by Crippen LogP contribution is 2.10. The minimum absolute atomic E-state index is 0.267. The molecular formula is C16H26O2. The third kappa shape index (κ3) is 9.88. The lowest BCUT2D eigenvalue weighted by Gasteiger charge is -2.03. The second-order valence-corrected chi connectivity index (χ2v) is 4.84. The van der Waals surface area contributed by atoms with Crippen molar-refractivity contribution in [1.82, 2.24) is 0 Å². The number of ether oxygens (including phenoxy) is 1. The maximum absolute atomic E-state index is 11.2. The molecule has 2 nitrogen and oxygen atoms in total. The van der Waals surface area contributed by atoms with E-state index in [1.807, 2.05) is 19.9 Å². The lowest BCUT2D eigenvalue weighted by Crippen LogP contribution is -1.99. The average Bonchev–Trinajstić information content (AvgIpc) is 2.26. The molecule has 0 aliphatic carbocycles. The van der Waals surface area contributed by atoms with Crippen LogP contribution in [0.1, 0.15) is 47.5 Å². The number of rotatable bonds is 7. The van der Waals surface area contributed by atoms with Gasteiger partial charge in [0.15, 0.2) is 0 Å². The van der Waals surface area contributed by atoms with Gasteiger partial charge in [-0.1, -0.05) is 30.7 Å². The standard InChI is InChI=1S/C16H26O2/c1-6-18-16(17)12-15(5)11-10-14(4)9-7-8-13(2)3/h8,10-12,14H,6-7,9H2,1-5H3. The predicted molar refractivity (Wildman–Crippen MR) is 77.4 cm³/mol. The molecule has 0 fully saturated rings. The molecule has 0 rings (SSSR count). The van der Waals surface area contributed by atoms with E-state index >= 15 is 0 Å². The highest BCUT2D eigenvalue weighted by molar-refractivity contribution is 5.83. The highest BCUT2D eigenvalue weighted by atomic mass is 16.5. The van der Waals surface area contributed by atoms with Crippen molar-refractivity contribution >= 4 is 5.97 Å². The van der Waals surface area contributed by atoms with Crippen LogP contribution < -0.4 is 0 Å². The van der Waals surface area contributed by atoms with Gasteiger partial charge in [0, 0.05) is 6.08 Å². The Morgan fingerprint density at radius 2 is 1.94 bits per heavy atom. The van der Waals surface area contributed by atoms with Crippen LogP contribution >= 0.6 is 0 Å². The Hall–Kier alpha value is -1.31. The SMILES string of the molecule is CCOC(=O)C=C(C)C=CC(C)CCC=C(C)C. The van der Waals surface area contributed by atoms with E-state index in [0.717, 1.165) is 18.4 Å². The summed E-state index contributed by atoms with van der Waals surface area (Å²) in [6.07, 6.45) is 10.2. The fourth-order valence-corrected chi connectivity index (χ4v) is 1.47. The molecule has 0 aromatic heterocycles. The van der Waals surface area contributed by atoms with Crippen LogP contribution in [0, 0.1) is 5.92 Å². The monoisotopic (exact) mass is 250 g/mol. The first kappa shape index (κ1) is 16.7. The highest BCUT2D eigenvalue weighted by Gasteiger charge is 1.97. The van der Waals surface area contributed by atoms with E-state index in [0.29, 0.717) is 12.5 Å². The number of esters is 1. The minimum atomic E-state index is -0.267. The third-order valence-corrected chi connectivity index (χ3v) is 2.49. The van der Waals surface area contributed by atoms with Gasteiger partial charge in [-0.25, -0.2) is 4.79 Å². The van der Waals surface area contributed by atoms with E-state index in [2.05, 4.69) is 32.9 Å². The summed E-state index contributed by atoms with van der Waals surface area (Å²) in [6, 6.07) is 0. The van der Waals surface area contributed by atoms with Crippen molar-refractivity contribution < 1.29 is 9.53 Å². The maximum Gasteiger partial charge on any atom is 0.330 e. The lowest BCUT2D eigenvalue weighted by molar-refractivity contribution is -0.137. The Bertz CT molecular complexity index is 331. The van der Waals surface area contributed by atoms with Gasteiger partial charge in [-0.05, 0) is 52.0 Å². The van der Waals surface area contributed by atoms with Crippen molar-refractivity contribution in [2.24, 2.45) is 5.92 Å². The van der Waals surface area contributed by atoms with E-state index in [-0.39, 0.29) is 5.97 Å². The molecule has 0 aliphatic rings. The summed E-state index contributed by atoms with van der Waals surface area (Å²) in [5.41, 5.74) is 2.30. The number of hydrogen-bond donors (Lipinski definition) is 0. The zero-order valence-corrected chi connectivity index (χ0v) is 12.3. The molecule has 0 heterocycles. The van der Waals surface area contributed by atoms with E-state index in [1.165, 1.54) is 11.6 Å². The van der Waals surface area contributed by atoms with Crippen LogP contribution in [-0.2, 0) is 9.53 Å². The van der Waals surface area contributed by atoms with Gasteiger partial charge < -0.3 is 4.74 Å². The molecule has 102 valence electrons. The molecule has 0 aromatic carbocycles. The number of allylic oxidation sites excluding steroid dienone is 5. The zero-order valence-electron chi connectivity index (χ0n) is 12.3. The topological polar surface area (TPSA) is 26.3 Å². The van der Waals surface area contributed by atoms with Crippen molar-refractivity contribution in [3.05, 3.63) is 35.5 Å². The molecular weight excluding hydrogens is 224 g/mol. The van der Waals surface area contributed by atoms with Crippen LogP contribution in [0.15, 0.2) is 35.5 Å². The maximum atomic E-state index is 11.2. The van der Waals surface area contributed by atoms with Crippen molar-refractivity contribution in [2.45, 2.75) is 47.5 Å². The first-order valence-electron chi connectivity index (χ1n) is 6.62. The van der Waals surface area contributed by atoms with Crippen LogP contribution in [-0.4, -0.2) is 12.6 Å². The molecule has 0 bridgehead atoms.